The molecule has 24 heavy (non-hydrogen) atoms. The maximum absolute atomic E-state index is 12.3. The van der Waals surface area contributed by atoms with Crippen molar-refractivity contribution < 1.29 is 33.5 Å². The van der Waals surface area contributed by atoms with Crippen LogP contribution in [-0.2, 0) is 23.9 Å². The number of carbonyl (C=O) groups is 3. The maximum atomic E-state index is 12.3. The topological polar surface area (TPSA) is 135 Å². The number of hydrogen-bond donors (Lipinski definition) is 0. The first-order valence-electron chi connectivity index (χ1n) is 6.93. The van der Waals surface area contributed by atoms with Gasteiger partial charge < -0.3 is 14.2 Å². The molecule has 10 heteroatoms. The van der Waals surface area contributed by atoms with Gasteiger partial charge in [0.1, 0.15) is 6.20 Å². The number of nitro groups is 1. The minimum absolute atomic E-state index is 0.0680. The molecule has 0 N–H and O–H groups in total. The van der Waals surface area contributed by atoms with Crippen LogP contribution in [0.25, 0.3) is 0 Å². The second-order valence-electron chi connectivity index (χ2n) is 4.31. The number of rotatable bonds is 8. The van der Waals surface area contributed by atoms with Crippen LogP contribution in [0.1, 0.15) is 25.3 Å². The molecule has 0 bridgehead atoms. The van der Waals surface area contributed by atoms with Crippen molar-refractivity contribution in [3.63, 3.8) is 0 Å². The van der Waals surface area contributed by atoms with Crippen molar-refractivity contribution in [1.82, 2.24) is 4.98 Å². The lowest BCUT2D eigenvalue weighted by Gasteiger charge is -2.14. The van der Waals surface area contributed by atoms with Crippen molar-refractivity contribution in [2.45, 2.75) is 19.8 Å². The number of methoxy groups -OCH3 is 1. The van der Waals surface area contributed by atoms with E-state index >= 15 is 0 Å². The Hall–Kier alpha value is -3.04. The van der Waals surface area contributed by atoms with Crippen LogP contribution in [0.2, 0.25) is 0 Å². The normalized spacial score (nSPS) is 11.3. The van der Waals surface area contributed by atoms with E-state index in [4.69, 9.17) is 9.47 Å². The van der Waals surface area contributed by atoms with Crippen LogP contribution < -0.4 is 4.74 Å². The van der Waals surface area contributed by atoms with Crippen LogP contribution in [0, 0.1) is 10.1 Å². The summed E-state index contributed by atoms with van der Waals surface area (Å²) < 4.78 is 14.2. The lowest BCUT2D eigenvalue weighted by atomic mass is 9.94. The zero-order valence-electron chi connectivity index (χ0n) is 13.3. The minimum Gasteiger partial charge on any atom is -0.481 e. The summed E-state index contributed by atoms with van der Waals surface area (Å²) in [5, 5.41) is 11.2. The summed E-state index contributed by atoms with van der Waals surface area (Å²) in [6.07, 6.45) is 0.832. The van der Waals surface area contributed by atoms with Gasteiger partial charge in [0, 0.05) is 6.07 Å². The molecule has 130 valence electrons. The highest BCUT2D eigenvalue weighted by molar-refractivity contribution is 6.40. The molecule has 1 atom stereocenters. The molecule has 0 aliphatic rings. The van der Waals surface area contributed by atoms with Gasteiger partial charge in [0.2, 0.25) is 5.88 Å². The third-order valence-electron chi connectivity index (χ3n) is 2.87. The molecule has 1 aromatic rings. The van der Waals surface area contributed by atoms with Gasteiger partial charge in [0.25, 0.3) is 11.5 Å². The standard InChI is InChI=1S/C14H16N2O8/c1-4-23-13(18)11(12(17)14(19)24-5-2)8-6-10(22-3)15-7-9(8)16(20)21/h6-7,11H,4-5H2,1-3H3. The number of aromatic nitrogens is 1. The lowest BCUT2D eigenvalue weighted by Crippen LogP contribution is -2.31. The molecule has 0 aliphatic heterocycles. The fraction of sp³-hybridized carbons (Fsp3) is 0.429. The number of ketones is 1. The maximum Gasteiger partial charge on any atom is 0.375 e. The van der Waals surface area contributed by atoms with E-state index in [2.05, 4.69) is 9.72 Å². The number of nitrogens with zero attached hydrogens (tertiary/aromatic N) is 2. The molecule has 1 aromatic heterocycles. The first-order valence-corrected chi connectivity index (χ1v) is 6.93. The van der Waals surface area contributed by atoms with Gasteiger partial charge in [-0.2, -0.15) is 0 Å². The van der Waals surface area contributed by atoms with Gasteiger partial charge in [-0.1, -0.05) is 0 Å². The fourth-order valence-corrected chi connectivity index (χ4v) is 1.86. The van der Waals surface area contributed by atoms with Crippen molar-refractivity contribution in [2.24, 2.45) is 0 Å². The Morgan fingerprint density at radius 2 is 1.88 bits per heavy atom. The van der Waals surface area contributed by atoms with Gasteiger partial charge in [0.15, 0.2) is 5.92 Å². The zero-order chi connectivity index (χ0) is 18.3. The van der Waals surface area contributed by atoms with E-state index in [0.717, 1.165) is 12.3 Å². The summed E-state index contributed by atoms with van der Waals surface area (Å²) in [5.74, 6) is -5.58. The first kappa shape index (κ1) is 19.0. The second kappa shape index (κ2) is 8.56. The van der Waals surface area contributed by atoms with Crippen molar-refractivity contribution in [1.29, 1.82) is 0 Å². The average Bonchev–Trinajstić information content (AvgIpc) is 2.55. The fourth-order valence-electron chi connectivity index (χ4n) is 1.86. The molecule has 0 radical (unpaired) electrons. The van der Waals surface area contributed by atoms with Gasteiger partial charge in [-0.3, -0.25) is 19.7 Å². The second-order valence-corrected chi connectivity index (χ2v) is 4.31. The summed E-state index contributed by atoms with van der Waals surface area (Å²) in [5.41, 5.74) is -0.977. The van der Waals surface area contributed by atoms with Crippen LogP contribution in [0.15, 0.2) is 12.3 Å². The molecule has 0 aromatic carbocycles. The Morgan fingerprint density at radius 3 is 2.38 bits per heavy atom. The predicted octanol–water partition coefficient (Wildman–Crippen LogP) is 0.777. The van der Waals surface area contributed by atoms with Crippen molar-refractivity contribution in [3.8, 4) is 5.88 Å². The Labute approximate surface area is 136 Å². The largest absolute Gasteiger partial charge is 0.481 e. The van der Waals surface area contributed by atoms with Crippen LogP contribution >= 0.6 is 0 Å². The van der Waals surface area contributed by atoms with E-state index in [-0.39, 0.29) is 24.7 Å². The average molecular weight is 340 g/mol. The Balaban J connectivity index is 3.48. The molecular formula is C14H16N2O8. The SMILES string of the molecule is CCOC(=O)C(=O)C(C(=O)OCC)c1cc(OC)ncc1[N+](=O)[O-]. The van der Waals surface area contributed by atoms with Crippen molar-refractivity contribution in [3.05, 3.63) is 27.9 Å². The van der Waals surface area contributed by atoms with Gasteiger partial charge in [-0.25, -0.2) is 9.78 Å². The molecule has 1 heterocycles. The minimum atomic E-state index is -1.85. The van der Waals surface area contributed by atoms with Crippen LogP contribution in [0.4, 0.5) is 5.69 Å². The molecule has 1 unspecified atom stereocenters. The molecule has 0 fully saturated rings. The molecule has 1 rings (SSSR count). The highest BCUT2D eigenvalue weighted by atomic mass is 16.6. The summed E-state index contributed by atoms with van der Waals surface area (Å²) >= 11 is 0. The summed E-state index contributed by atoms with van der Waals surface area (Å²) in [4.78, 5) is 50.1. The highest BCUT2D eigenvalue weighted by Gasteiger charge is 2.40. The van der Waals surface area contributed by atoms with Gasteiger partial charge >= 0.3 is 11.9 Å². The van der Waals surface area contributed by atoms with Crippen molar-refractivity contribution in [2.75, 3.05) is 20.3 Å². The molecule has 0 amide bonds. The quantitative estimate of drug-likeness (QED) is 0.221. The predicted molar refractivity (Wildman–Crippen MR) is 78.5 cm³/mol. The van der Waals surface area contributed by atoms with Gasteiger partial charge in [0.05, 0.1) is 30.8 Å². The summed E-state index contributed by atoms with van der Waals surface area (Å²) in [6, 6.07) is 1.04. The first-order chi connectivity index (χ1) is 11.4. The number of Topliss-reactive ketones (excluding diaryl/α,β-unsaturated/α-hetero) is 1. The van der Waals surface area contributed by atoms with Gasteiger partial charge in [-0.05, 0) is 13.8 Å². The van der Waals surface area contributed by atoms with Crippen LogP contribution in [-0.4, -0.2) is 48.0 Å². The van der Waals surface area contributed by atoms with E-state index in [0.29, 0.717) is 0 Å². The molecule has 0 aliphatic carbocycles. The van der Waals surface area contributed by atoms with Crippen LogP contribution in [0.5, 0.6) is 5.88 Å². The molecular weight excluding hydrogens is 324 g/mol. The molecule has 10 nitrogen and oxygen atoms in total. The summed E-state index contributed by atoms with van der Waals surface area (Å²) in [6.45, 7) is 2.79. The Bertz CT molecular complexity index is 658. The smallest absolute Gasteiger partial charge is 0.375 e. The molecule has 0 spiro atoms. The van der Waals surface area contributed by atoms with E-state index in [9.17, 15) is 24.5 Å². The Kier molecular flexibility index (Phi) is 6.78. The number of carbonyl (C=O) groups excluding carboxylic acids is 3. The number of pyridine rings is 1. The monoisotopic (exact) mass is 340 g/mol. The number of esters is 2. The lowest BCUT2D eigenvalue weighted by molar-refractivity contribution is -0.386. The molecule has 0 saturated heterocycles. The van der Waals surface area contributed by atoms with E-state index < -0.39 is 34.3 Å². The Morgan fingerprint density at radius 1 is 1.25 bits per heavy atom. The zero-order valence-corrected chi connectivity index (χ0v) is 13.3. The van der Waals surface area contributed by atoms with Gasteiger partial charge in [-0.15, -0.1) is 0 Å². The third-order valence-corrected chi connectivity index (χ3v) is 2.87. The van der Waals surface area contributed by atoms with E-state index in [1.165, 1.54) is 21.0 Å². The third kappa shape index (κ3) is 4.24. The van der Waals surface area contributed by atoms with Crippen LogP contribution in [0.3, 0.4) is 0 Å². The summed E-state index contributed by atoms with van der Waals surface area (Å²) in [7, 11) is 1.25. The number of hydrogen-bond acceptors (Lipinski definition) is 9. The number of ether oxygens (including phenoxy) is 3. The molecule has 0 saturated carbocycles. The van der Waals surface area contributed by atoms with Crippen molar-refractivity contribution >= 4 is 23.4 Å². The van der Waals surface area contributed by atoms with E-state index in [1.54, 1.807) is 0 Å². The van der Waals surface area contributed by atoms with E-state index in [1.807, 2.05) is 0 Å². The highest BCUT2D eigenvalue weighted by Crippen LogP contribution is 2.31.